The molecule has 0 aliphatic heterocycles. The molecule has 0 unspecified atom stereocenters. The van der Waals surface area contributed by atoms with Crippen LogP contribution in [-0.4, -0.2) is 49.6 Å². The van der Waals surface area contributed by atoms with Gasteiger partial charge in [0, 0.05) is 12.8 Å². The van der Waals surface area contributed by atoms with Gasteiger partial charge in [-0.05, 0) is 27.7 Å². The van der Waals surface area contributed by atoms with Crippen molar-refractivity contribution in [2.24, 2.45) is 0 Å². The number of carbonyl (C=O) groups is 4. The molecule has 0 aliphatic rings. The van der Waals surface area contributed by atoms with E-state index in [4.69, 9.17) is 9.47 Å². The molecule has 0 aromatic rings. The molecule has 0 N–H and O–H groups in total. The van der Waals surface area contributed by atoms with Crippen LogP contribution in [0.5, 0.6) is 0 Å². The number of carbonyl (C=O) groups excluding carboxylic acids is 4. The first-order chi connectivity index (χ1) is 12.2. The fraction of sp³-hybridized carbons (Fsp3) is 0.800. The van der Waals surface area contributed by atoms with Crippen molar-refractivity contribution in [3.8, 4) is 0 Å². The number of Topliss-reactive ketones (excluding diaryl/α,β-unsaturated/α-hetero) is 4. The van der Waals surface area contributed by atoms with Crippen LogP contribution in [0.1, 0.15) is 80.1 Å². The summed E-state index contributed by atoms with van der Waals surface area (Å²) in [6.45, 7) is 12.2. The van der Waals surface area contributed by atoms with E-state index in [1.54, 1.807) is 0 Å². The average Bonchev–Trinajstić information content (AvgIpc) is 2.50. The molecule has 0 fully saturated rings. The fourth-order valence-electron chi connectivity index (χ4n) is 1.46. The smallest absolute Gasteiger partial charge is 0.137 e. The van der Waals surface area contributed by atoms with E-state index >= 15 is 0 Å². The summed E-state index contributed by atoms with van der Waals surface area (Å²) < 4.78 is 10.2. The molecule has 0 aromatic carbocycles. The Morgan fingerprint density at radius 2 is 0.923 bits per heavy atom. The Morgan fingerprint density at radius 1 is 0.577 bits per heavy atom. The number of hydrogen-bond acceptors (Lipinski definition) is 6. The summed E-state index contributed by atoms with van der Waals surface area (Å²) in [5, 5.41) is 0. The average molecular weight is 375 g/mol. The summed E-state index contributed by atoms with van der Waals surface area (Å²) in [5.74, 6) is 0.130. The van der Waals surface area contributed by atoms with E-state index in [1.807, 2.05) is 0 Å². The molecule has 154 valence electrons. The van der Waals surface area contributed by atoms with Crippen LogP contribution < -0.4 is 0 Å². The third-order valence-corrected chi connectivity index (χ3v) is 2.77. The topological polar surface area (TPSA) is 86.7 Å². The second kappa shape index (κ2) is 23.6. The molecule has 0 aromatic heterocycles. The summed E-state index contributed by atoms with van der Waals surface area (Å²) in [6, 6.07) is 0. The van der Waals surface area contributed by atoms with Crippen LogP contribution in [-0.2, 0) is 28.7 Å². The van der Waals surface area contributed by atoms with E-state index in [1.165, 1.54) is 47.0 Å². The maximum atomic E-state index is 10.5. The molecule has 6 heteroatoms. The highest BCUT2D eigenvalue weighted by molar-refractivity contribution is 5.96. The zero-order valence-electron chi connectivity index (χ0n) is 17.5. The predicted molar refractivity (Wildman–Crippen MR) is 103 cm³/mol. The molecule has 0 heterocycles. The van der Waals surface area contributed by atoms with Gasteiger partial charge in [-0.15, -0.1) is 0 Å². The van der Waals surface area contributed by atoms with Crippen LogP contribution >= 0.6 is 0 Å². The van der Waals surface area contributed by atoms with Crippen molar-refractivity contribution in [2.45, 2.75) is 80.1 Å². The zero-order chi connectivity index (χ0) is 20.8. The lowest BCUT2D eigenvalue weighted by Gasteiger charge is -2.03. The van der Waals surface area contributed by atoms with Gasteiger partial charge in [-0.1, -0.05) is 33.1 Å². The summed E-state index contributed by atoms with van der Waals surface area (Å²) in [6.07, 6.45) is 5.06. The Balaban J connectivity index is -0.000000366. The van der Waals surface area contributed by atoms with Crippen LogP contribution in [0.2, 0.25) is 0 Å². The summed E-state index contributed by atoms with van der Waals surface area (Å²) in [5.41, 5.74) is 0. The summed E-state index contributed by atoms with van der Waals surface area (Å²) >= 11 is 0. The maximum Gasteiger partial charge on any atom is 0.137 e. The highest BCUT2D eigenvalue weighted by Crippen LogP contribution is 1.88. The standard InChI is InChI=1S/C10H18O4.C5H8O2.C5H12/c1-9(11)3-5-13-7-8-14-6-4-10(2)12;1-4(6)3-5(2)7;1-3-5-4-2/h3-8H2,1-2H3;3H2,1-2H3;3-5H2,1-2H3. The molecule has 0 rings (SSSR count). The van der Waals surface area contributed by atoms with Gasteiger partial charge < -0.3 is 9.47 Å². The molecule has 0 spiro atoms. The highest BCUT2D eigenvalue weighted by Gasteiger charge is 1.95. The molecular formula is C20H38O6. The molecule has 0 amide bonds. The van der Waals surface area contributed by atoms with Crippen molar-refractivity contribution < 1.29 is 28.7 Å². The lowest BCUT2D eigenvalue weighted by atomic mass is 10.2. The molecule has 0 bridgehead atoms. The number of hydrogen-bond donors (Lipinski definition) is 0. The van der Waals surface area contributed by atoms with Crippen molar-refractivity contribution in [3.05, 3.63) is 0 Å². The summed E-state index contributed by atoms with van der Waals surface area (Å²) in [4.78, 5) is 41.1. The number of ketones is 4. The van der Waals surface area contributed by atoms with Gasteiger partial charge in [0.05, 0.1) is 32.8 Å². The van der Waals surface area contributed by atoms with Crippen molar-refractivity contribution in [2.75, 3.05) is 26.4 Å². The Hall–Kier alpha value is -1.40. The van der Waals surface area contributed by atoms with Gasteiger partial charge in [-0.2, -0.15) is 0 Å². The fourth-order valence-corrected chi connectivity index (χ4v) is 1.46. The molecule has 0 atom stereocenters. The minimum absolute atomic E-state index is 0.0625. The van der Waals surface area contributed by atoms with Gasteiger partial charge in [0.2, 0.25) is 0 Å². The Labute approximate surface area is 159 Å². The Bertz CT molecular complexity index is 342. The van der Waals surface area contributed by atoms with E-state index < -0.39 is 0 Å². The third-order valence-electron chi connectivity index (χ3n) is 2.77. The lowest BCUT2D eigenvalue weighted by molar-refractivity contribution is -0.125. The van der Waals surface area contributed by atoms with Crippen LogP contribution in [0, 0.1) is 0 Å². The molecule has 6 nitrogen and oxygen atoms in total. The van der Waals surface area contributed by atoms with E-state index in [9.17, 15) is 19.2 Å². The molecule has 26 heavy (non-hydrogen) atoms. The quantitative estimate of drug-likeness (QED) is 0.361. The van der Waals surface area contributed by atoms with Gasteiger partial charge in [0.25, 0.3) is 0 Å². The first kappa shape index (κ1) is 29.4. The molecule has 0 radical (unpaired) electrons. The second-order valence-corrected chi connectivity index (χ2v) is 6.06. The van der Waals surface area contributed by atoms with E-state index in [-0.39, 0.29) is 29.6 Å². The minimum atomic E-state index is -0.0625. The molecule has 0 saturated heterocycles. The van der Waals surface area contributed by atoms with E-state index in [0.717, 1.165) is 0 Å². The van der Waals surface area contributed by atoms with Crippen molar-refractivity contribution in [3.63, 3.8) is 0 Å². The Morgan fingerprint density at radius 3 is 1.08 bits per heavy atom. The van der Waals surface area contributed by atoms with Gasteiger partial charge in [-0.25, -0.2) is 0 Å². The third kappa shape index (κ3) is 43.3. The van der Waals surface area contributed by atoms with Gasteiger partial charge in [0.1, 0.15) is 23.1 Å². The molecule has 0 saturated carbocycles. The summed E-state index contributed by atoms with van der Waals surface area (Å²) in [7, 11) is 0. The lowest BCUT2D eigenvalue weighted by Crippen LogP contribution is -2.09. The van der Waals surface area contributed by atoms with E-state index in [2.05, 4.69) is 13.8 Å². The number of rotatable bonds is 13. The van der Waals surface area contributed by atoms with Crippen LogP contribution in [0.15, 0.2) is 0 Å². The molecule has 0 aliphatic carbocycles. The normalized spacial score (nSPS) is 9.31. The minimum Gasteiger partial charge on any atom is -0.379 e. The molecular weight excluding hydrogens is 336 g/mol. The highest BCUT2D eigenvalue weighted by atomic mass is 16.5. The zero-order valence-corrected chi connectivity index (χ0v) is 17.5. The van der Waals surface area contributed by atoms with Gasteiger partial charge >= 0.3 is 0 Å². The number of unbranched alkanes of at least 4 members (excludes halogenated alkanes) is 2. The van der Waals surface area contributed by atoms with Gasteiger partial charge in [0.15, 0.2) is 0 Å². The van der Waals surface area contributed by atoms with Gasteiger partial charge in [-0.3, -0.25) is 19.2 Å². The SMILES string of the molecule is CC(=O)CC(C)=O.CC(=O)CCOCCOCCC(C)=O.CCCCC. The monoisotopic (exact) mass is 374 g/mol. The van der Waals surface area contributed by atoms with Crippen molar-refractivity contribution in [1.82, 2.24) is 0 Å². The van der Waals surface area contributed by atoms with Crippen molar-refractivity contribution in [1.29, 1.82) is 0 Å². The van der Waals surface area contributed by atoms with E-state index in [0.29, 0.717) is 39.3 Å². The number of ether oxygens (including phenoxy) is 2. The van der Waals surface area contributed by atoms with Crippen LogP contribution in [0.4, 0.5) is 0 Å². The van der Waals surface area contributed by atoms with Crippen molar-refractivity contribution >= 4 is 23.1 Å². The van der Waals surface area contributed by atoms with Crippen LogP contribution in [0.25, 0.3) is 0 Å². The largest absolute Gasteiger partial charge is 0.379 e. The first-order valence-corrected chi connectivity index (χ1v) is 9.30. The first-order valence-electron chi connectivity index (χ1n) is 9.30. The second-order valence-electron chi connectivity index (χ2n) is 6.06. The van der Waals surface area contributed by atoms with Crippen LogP contribution in [0.3, 0.4) is 0 Å². The predicted octanol–water partition coefficient (Wildman–Crippen LogP) is 3.73. The Kier molecular flexibility index (Phi) is 26.7. The maximum absolute atomic E-state index is 10.5.